The number of hydrogen-bond donors (Lipinski definition) is 0. The minimum Gasteiger partial charge on any atom is -0.293 e. The fourth-order valence-corrected chi connectivity index (χ4v) is 2.93. The number of imidazole rings is 1. The lowest BCUT2D eigenvalue weighted by Gasteiger charge is -2.15. The molecule has 1 atom stereocenters. The van der Waals surface area contributed by atoms with Crippen molar-refractivity contribution in [2.45, 2.75) is 19.2 Å². The lowest BCUT2D eigenvalue weighted by Crippen LogP contribution is -2.04. The highest BCUT2D eigenvalue weighted by Crippen LogP contribution is 2.33. The third-order valence-corrected chi connectivity index (χ3v) is 3.91. The first-order valence-corrected chi connectivity index (χ1v) is 7.38. The van der Waals surface area contributed by atoms with Crippen LogP contribution in [0.5, 0.6) is 0 Å². The SMILES string of the molecule is Cc1cccc(Cl)c1-n1c(C(C)Cl)nc2ccc(F)cc21. The predicted molar refractivity (Wildman–Crippen MR) is 85.0 cm³/mol. The minimum absolute atomic E-state index is 0.317. The zero-order valence-corrected chi connectivity index (χ0v) is 13.1. The molecule has 3 rings (SSSR count). The summed E-state index contributed by atoms with van der Waals surface area (Å²) in [6.07, 6.45) is 0. The molecular formula is C16H13Cl2FN2. The molecule has 5 heteroatoms. The fourth-order valence-electron chi connectivity index (χ4n) is 2.48. The smallest absolute Gasteiger partial charge is 0.132 e. The van der Waals surface area contributed by atoms with Gasteiger partial charge < -0.3 is 0 Å². The van der Waals surface area contributed by atoms with E-state index in [1.165, 1.54) is 12.1 Å². The summed E-state index contributed by atoms with van der Waals surface area (Å²) in [6, 6.07) is 10.1. The molecule has 21 heavy (non-hydrogen) atoms. The van der Waals surface area contributed by atoms with Crippen molar-refractivity contribution in [3.63, 3.8) is 0 Å². The number of benzene rings is 2. The molecule has 2 aromatic carbocycles. The molecule has 0 amide bonds. The third-order valence-electron chi connectivity index (χ3n) is 3.41. The lowest BCUT2D eigenvalue weighted by molar-refractivity contribution is 0.629. The molecule has 0 spiro atoms. The number of fused-ring (bicyclic) bond motifs is 1. The number of rotatable bonds is 2. The topological polar surface area (TPSA) is 17.8 Å². The van der Waals surface area contributed by atoms with E-state index in [0.29, 0.717) is 21.9 Å². The monoisotopic (exact) mass is 322 g/mol. The van der Waals surface area contributed by atoms with Crippen molar-refractivity contribution < 1.29 is 4.39 Å². The van der Waals surface area contributed by atoms with Gasteiger partial charge in [-0.3, -0.25) is 4.57 Å². The number of hydrogen-bond acceptors (Lipinski definition) is 1. The van der Waals surface area contributed by atoms with Crippen molar-refractivity contribution in [1.82, 2.24) is 9.55 Å². The maximum Gasteiger partial charge on any atom is 0.132 e. The van der Waals surface area contributed by atoms with Crippen molar-refractivity contribution in [1.29, 1.82) is 0 Å². The summed E-state index contributed by atoms with van der Waals surface area (Å²) in [4.78, 5) is 4.52. The van der Waals surface area contributed by atoms with Gasteiger partial charge >= 0.3 is 0 Å². The largest absolute Gasteiger partial charge is 0.293 e. The van der Waals surface area contributed by atoms with E-state index in [1.54, 1.807) is 12.1 Å². The summed E-state index contributed by atoms with van der Waals surface area (Å²) in [7, 11) is 0. The number of nitrogens with zero attached hydrogens (tertiary/aromatic N) is 2. The van der Waals surface area contributed by atoms with Gasteiger partial charge in [-0.1, -0.05) is 23.7 Å². The Hall–Kier alpha value is -1.58. The van der Waals surface area contributed by atoms with Gasteiger partial charge in [0.2, 0.25) is 0 Å². The zero-order valence-electron chi connectivity index (χ0n) is 11.6. The summed E-state index contributed by atoms with van der Waals surface area (Å²) in [6.45, 7) is 3.79. The molecule has 0 radical (unpaired) electrons. The molecule has 1 aromatic heterocycles. The van der Waals surface area contributed by atoms with Crippen LogP contribution in [-0.2, 0) is 0 Å². The zero-order chi connectivity index (χ0) is 15.1. The molecule has 0 aliphatic rings. The second kappa shape index (κ2) is 5.32. The van der Waals surface area contributed by atoms with E-state index in [4.69, 9.17) is 23.2 Å². The molecule has 2 nitrogen and oxygen atoms in total. The quantitative estimate of drug-likeness (QED) is 0.575. The Bertz CT molecular complexity index is 804. The highest BCUT2D eigenvalue weighted by Gasteiger charge is 2.19. The van der Waals surface area contributed by atoms with Crippen molar-refractivity contribution in [2.75, 3.05) is 0 Å². The van der Waals surface area contributed by atoms with Gasteiger partial charge in [0.15, 0.2) is 0 Å². The van der Waals surface area contributed by atoms with Crippen LogP contribution in [0.4, 0.5) is 4.39 Å². The summed E-state index contributed by atoms with van der Waals surface area (Å²) < 4.78 is 15.5. The molecule has 3 aromatic rings. The Labute approximate surface area is 132 Å². The molecule has 0 aliphatic carbocycles. The summed E-state index contributed by atoms with van der Waals surface area (Å²) in [5.41, 5.74) is 3.12. The van der Waals surface area contributed by atoms with E-state index >= 15 is 0 Å². The standard InChI is InChI=1S/C16H13Cl2FN2/c1-9-4-3-5-12(18)15(9)21-14-8-11(19)6-7-13(14)20-16(21)10(2)17/h3-8,10H,1-2H3. The Morgan fingerprint density at radius 3 is 2.67 bits per heavy atom. The first-order valence-electron chi connectivity index (χ1n) is 6.56. The van der Waals surface area contributed by atoms with Crippen LogP contribution in [0.1, 0.15) is 23.7 Å². The van der Waals surface area contributed by atoms with Crippen molar-refractivity contribution in [3.8, 4) is 5.69 Å². The van der Waals surface area contributed by atoms with Gasteiger partial charge in [0.05, 0.1) is 27.1 Å². The molecule has 0 N–H and O–H groups in total. The number of para-hydroxylation sites is 1. The van der Waals surface area contributed by atoms with Crippen LogP contribution in [0.15, 0.2) is 36.4 Å². The van der Waals surface area contributed by atoms with Crippen molar-refractivity contribution in [2.24, 2.45) is 0 Å². The maximum absolute atomic E-state index is 13.6. The van der Waals surface area contributed by atoms with Crippen LogP contribution >= 0.6 is 23.2 Å². The molecule has 1 heterocycles. The Morgan fingerprint density at radius 2 is 2.00 bits per heavy atom. The van der Waals surface area contributed by atoms with Gasteiger partial charge in [-0.05, 0) is 37.6 Å². The highest BCUT2D eigenvalue weighted by molar-refractivity contribution is 6.32. The minimum atomic E-state index is -0.323. The average Bonchev–Trinajstić information content (AvgIpc) is 2.78. The van der Waals surface area contributed by atoms with E-state index < -0.39 is 0 Å². The normalized spacial score (nSPS) is 12.8. The first-order chi connectivity index (χ1) is 9.99. The van der Waals surface area contributed by atoms with E-state index in [9.17, 15) is 4.39 Å². The van der Waals surface area contributed by atoms with E-state index in [-0.39, 0.29) is 11.2 Å². The summed E-state index contributed by atoms with van der Waals surface area (Å²) in [5.74, 6) is 0.329. The molecule has 0 bridgehead atoms. The van der Waals surface area contributed by atoms with Gasteiger partial charge in [0, 0.05) is 6.07 Å². The summed E-state index contributed by atoms with van der Waals surface area (Å²) >= 11 is 12.6. The van der Waals surface area contributed by atoms with Gasteiger partial charge in [0.25, 0.3) is 0 Å². The molecule has 0 saturated heterocycles. The van der Waals surface area contributed by atoms with Crippen molar-refractivity contribution >= 4 is 34.2 Å². The van der Waals surface area contributed by atoms with Crippen LogP contribution < -0.4 is 0 Å². The van der Waals surface area contributed by atoms with Crippen LogP contribution in [0.2, 0.25) is 5.02 Å². The van der Waals surface area contributed by atoms with Crippen molar-refractivity contribution in [3.05, 3.63) is 58.6 Å². The van der Waals surface area contributed by atoms with E-state index in [1.807, 2.05) is 30.5 Å². The molecule has 0 fully saturated rings. The number of aryl methyl sites for hydroxylation is 1. The second-order valence-electron chi connectivity index (χ2n) is 4.96. The van der Waals surface area contributed by atoms with Gasteiger partial charge in [-0.25, -0.2) is 9.37 Å². The fraction of sp³-hybridized carbons (Fsp3) is 0.188. The molecule has 108 valence electrons. The van der Waals surface area contributed by atoms with E-state index in [2.05, 4.69) is 4.98 Å². The van der Waals surface area contributed by atoms with Crippen LogP contribution in [0, 0.1) is 12.7 Å². The van der Waals surface area contributed by atoms with Gasteiger partial charge in [-0.2, -0.15) is 0 Å². The van der Waals surface area contributed by atoms with Crippen LogP contribution in [0.25, 0.3) is 16.7 Å². The Kier molecular flexibility index (Phi) is 3.64. The maximum atomic E-state index is 13.6. The van der Waals surface area contributed by atoms with Gasteiger partial charge in [0.1, 0.15) is 11.6 Å². The molecule has 0 aliphatic heterocycles. The van der Waals surface area contributed by atoms with Crippen LogP contribution in [-0.4, -0.2) is 9.55 Å². The number of halogens is 3. The Morgan fingerprint density at radius 1 is 1.24 bits per heavy atom. The molecule has 0 saturated carbocycles. The van der Waals surface area contributed by atoms with Crippen LogP contribution in [0.3, 0.4) is 0 Å². The predicted octanol–water partition coefficient (Wildman–Crippen LogP) is 5.43. The number of aromatic nitrogens is 2. The third kappa shape index (κ3) is 2.41. The van der Waals surface area contributed by atoms with E-state index in [0.717, 1.165) is 11.3 Å². The second-order valence-corrected chi connectivity index (χ2v) is 6.02. The average molecular weight is 323 g/mol. The Balaban J connectivity index is 2.44. The summed E-state index contributed by atoms with van der Waals surface area (Å²) in [5, 5.41) is 0.258. The lowest BCUT2D eigenvalue weighted by atomic mass is 10.2. The highest BCUT2D eigenvalue weighted by atomic mass is 35.5. The first kappa shape index (κ1) is 14.4. The van der Waals surface area contributed by atoms with Gasteiger partial charge in [-0.15, -0.1) is 11.6 Å². The molecule has 1 unspecified atom stereocenters. The number of alkyl halides is 1. The molecular weight excluding hydrogens is 310 g/mol.